The van der Waals surface area contributed by atoms with Crippen molar-refractivity contribution in [2.24, 2.45) is 0 Å². The lowest BCUT2D eigenvalue weighted by Gasteiger charge is -2.05. The fraction of sp³-hybridized carbons (Fsp3) is 0.0556. The Bertz CT molecular complexity index is 771. The molecule has 0 unspecified atom stereocenters. The Balaban J connectivity index is 2.02. The van der Waals surface area contributed by atoms with Crippen molar-refractivity contribution >= 4 is 0 Å². The van der Waals surface area contributed by atoms with Gasteiger partial charge in [-0.3, -0.25) is 4.98 Å². The standard InChI is InChI=1S/C18H14FN/c19-17-8-6-14(7-9-17)12-15-10-11-20-18(13-15)16-4-2-1-3-5-16/h1-11,13H,12H2/i12D2. The average Bonchev–Trinajstić information content (AvgIpc) is 2.56. The molecule has 2 aromatic carbocycles. The molecule has 98 valence electrons. The number of rotatable bonds is 3. The van der Waals surface area contributed by atoms with Gasteiger partial charge in [-0.15, -0.1) is 0 Å². The van der Waals surface area contributed by atoms with E-state index in [0.717, 1.165) is 5.56 Å². The predicted octanol–water partition coefficient (Wildman–Crippen LogP) is 4.48. The molecule has 1 aromatic heterocycles. The molecule has 0 fully saturated rings. The summed E-state index contributed by atoms with van der Waals surface area (Å²) in [4.78, 5) is 4.30. The first-order chi connectivity index (χ1) is 10.6. The molecule has 0 aliphatic heterocycles. The summed E-state index contributed by atoms with van der Waals surface area (Å²) < 4.78 is 29.7. The predicted molar refractivity (Wildman–Crippen MR) is 78.9 cm³/mol. The number of benzene rings is 2. The van der Waals surface area contributed by atoms with Crippen molar-refractivity contribution in [3.05, 3.63) is 89.9 Å². The van der Waals surface area contributed by atoms with E-state index in [4.69, 9.17) is 2.74 Å². The molecule has 0 saturated heterocycles. The van der Waals surface area contributed by atoms with Gasteiger partial charge in [-0.25, -0.2) is 4.39 Å². The fourth-order valence-corrected chi connectivity index (χ4v) is 1.97. The van der Waals surface area contributed by atoms with Crippen LogP contribution in [-0.2, 0) is 6.37 Å². The second-order valence-corrected chi connectivity index (χ2v) is 4.43. The van der Waals surface area contributed by atoms with Crippen LogP contribution in [0.1, 0.15) is 13.9 Å². The Hall–Kier alpha value is -2.48. The Kier molecular flexibility index (Phi) is 2.92. The van der Waals surface area contributed by atoms with Crippen LogP contribution in [0.5, 0.6) is 0 Å². The van der Waals surface area contributed by atoms with Gasteiger partial charge in [-0.1, -0.05) is 42.5 Å². The maximum Gasteiger partial charge on any atom is 0.123 e. The minimum Gasteiger partial charge on any atom is -0.256 e. The summed E-state index contributed by atoms with van der Waals surface area (Å²) in [5, 5.41) is 0. The molecule has 3 aromatic rings. The number of hydrogen-bond donors (Lipinski definition) is 0. The molecule has 2 heteroatoms. The fourth-order valence-electron chi connectivity index (χ4n) is 1.97. The van der Waals surface area contributed by atoms with Crippen molar-refractivity contribution in [3.8, 4) is 11.3 Å². The molecule has 0 N–H and O–H groups in total. The van der Waals surface area contributed by atoms with E-state index < -0.39 is 6.37 Å². The summed E-state index contributed by atoms with van der Waals surface area (Å²) in [7, 11) is 0. The first-order valence-corrected chi connectivity index (χ1v) is 6.35. The molecule has 0 aliphatic carbocycles. The van der Waals surface area contributed by atoms with E-state index in [0.29, 0.717) is 16.8 Å². The minimum atomic E-state index is -1.71. The highest BCUT2D eigenvalue weighted by Crippen LogP contribution is 2.19. The molecule has 0 bridgehead atoms. The summed E-state index contributed by atoms with van der Waals surface area (Å²) in [6, 6.07) is 18.5. The Morgan fingerprint density at radius 3 is 2.40 bits per heavy atom. The number of hydrogen-bond acceptors (Lipinski definition) is 1. The van der Waals surface area contributed by atoms with E-state index in [1.807, 2.05) is 30.3 Å². The third kappa shape index (κ3) is 2.91. The lowest BCUT2D eigenvalue weighted by molar-refractivity contribution is 0.627. The summed E-state index contributed by atoms with van der Waals surface area (Å²) >= 11 is 0. The van der Waals surface area contributed by atoms with E-state index >= 15 is 0 Å². The SMILES string of the molecule is [2H]C([2H])(c1ccc(F)cc1)c1ccnc(-c2ccccc2)c1. The lowest BCUT2D eigenvalue weighted by Crippen LogP contribution is -1.91. The van der Waals surface area contributed by atoms with Crippen LogP contribution in [0, 0.1) is 5.82 Å². The molecule has 3 rings (SSSR count). The van der Waals surface area contributed by atoms with Crippen molar-refractivity contribution < 1.29 is 7.13 Å². The Labute approximate surface area is 120 Å². The molecule has 1 nitrogen and oxygen atoms in total. The largest absolute Gasteiger partial charge is 0.256 e. The van der Waals surface area contributed by atoms with Gasteiger partial charge in [-0.05, 0) is 41.8 Å². The van der Waals surface area contributed by atoms with Crippen LogP contribution in [0.3, 0.4) is 0 Å². The van der Waals surface area contributed by atoms with Crippen LogP contribution in [0.4, 0.5) is 4.39 Å². The smallest absolute Gasteiger partial charge is 0.123 e. The maximum absolute atomic E-state index is 13.0. The van der Waals surface area contributed by atoms with Gasteiger partial charge >= 0.3 is 0 Å². The van der Waals surface area contributed by atoms with Crippen molar-refractivity contribution in [2.75, 3.05) is 0 Å². The Morgan fingerprint density at radius 1 is 0.900 bits per heavy atom. The van der Waals surface area contributed by atoms with Crippen LogP contribution < -0.4 is 0 Å². The molecule has 0 aliphatic rings. The highest BCUT2D eigenvalue weighted by molar-refractivity contribution is 5.59. The molecule has 0 radical (unpaired) electrons. The topological polar surface area (TPSA) is 12.9 Å². The highest BCUT2D eigenvalue weighted by Gasteiger charge is 2.02. The number of pyridine rings is 1. The third-order valence-electron chi connectivity index (χ3n) is 2.96. The molecule has 0 spiro atoms. The van der Waals surface area contributed by atoms with Gasteiger partial charge in [-0.2, -0.15) is 0 Å². The first kappa shape index (κ1) is 10.3. The van der Waals surface area contributed by atoms with Crippen LogP contribution in [0.2, 0.25) is 0 Å². The summed E-state index contributed by atoms with van der Waals surface area (Å²) in [5.41, 5.74) is 2.55. The van der Waals surface area contributed by atoms with Gasteiger partial charge in [0.2, 0.25) is 0 Å². The molecule has 0 saturated carbocycles. The second-order valence-electron chi connectivity index (χ2n) is 4.43. The van der Waals surface area contributed by atoms with Gasteiger partial charge < -0.3 is 0 Å². The van der Waals surface area contributed by atoms with Crippen molar-refractivity contribution in [3.63, 3.8) is 0 Å². The van der Waals surface area contributed by atoms with E-state index in [9.17, 15) is 4.39 Å². The van der Waals surface area contributed by atoms with E-state index in [-0.39, 0.29) is 5.82 Å². The molecular formula is C18H14FN. The molecular weight excluding hydrogens is 249 g/mol. The average molecular weight is 265 g/mol. The molecule has 0 amide bonds. The lowest BCUT2D eigenvalue weighted by atomic mass is 10.0. The zero-order chi connectivity index (χ0) is 15.6. The highest BCUT2D eigenvalue weighted by atomic mass is 19.1. The summed E-state index contributed by atoms with van der Waals surface area (Å²) in [6.07, 6.45) is -0.112. The van der Waals surface area contributed by atoms with E-state index in [1.165, 1.54) is 24.3 Å². The second kappa shape index (κ2) is 5.66. The summed E-state index contributed by atoms with van der Waals surface area (Å²) in [6.45, 7) is 0. The van der Waals surface area contributed by atoms with Crippen LogP contribution in [0.25, 0.3) is 11.3 Å². The quantitative estimate of drug-likeness (QED) is 0.680. The normalized spacial score (nSPS) is 12.7. The van der Waals surface area contributed by atoms with Crippen LogP contribution in [0.15, 0.2) is 72.9 Å². The van der Waals surface area contributed by atoms with Crippen molar-refractivity contribution in [1.82, 2.24) is 4.98 Å². The number of halogens is 1. The minimum absolute atomic E-state index is 0.376. The molecule has 20 heavy (non-hydrogen) atoms. The summed E-state index contributed by atoms with van der Waals surface area (Å²) in [5.74, 6) is -0.376. The monoisotopic (exact) mass is 265 g/mol. The zero-order valence-corrected chi connectivity index (χ0v) is 10.8. The molecule has 0 atom stereocenters. The van der Waals surface area contributed by atoms with Gasteiger partial charge in [0.1, 0.15) is 5.82 Å². The van der Waals surface area contributed by atoms with Gasteiger partial charge in [0.05, 0.1) is 5.69 Å². The third-order valence-corrected chi connectivity index (χ3v) is 2.96. The van der Waals surface area contributed by atoms with Crippen molar-refractivity contribution in [2.45, 2.75) is 6.37 Å². The first-order valence-electron chi connectivity index (χ1n) is 7.35. The zero-order valence-electron chi connectivity index (χ0n) is 12.8. The van der Waals surface area contributed by atoms with E-state index in [1.54, 1.807) is 18.3 Å². The molecule has 1 heterocycles. The van der Waals surface area contributed by atoms with Crippen LogP contribution >= 0.6 is 0 Å². The number of aromatic nitrogens is 1. The van der Waals surface area contributed by atoms with Gasteiger partial charge in [0, 0.05) is 14.5 Å². The Morgan fingerprint density at radius 2 is 1.65 bits per heavy atom. The van der Waals surface area contributed by atoms with Gasteiger partial charge in [0.15, 0.2) is 0 Å². The van der Waals surface area contributed by atoms with E-state index in [2.05, 4.69) is 4.98 Å². The maximum atomic E-state index is 13.0. The van der Waals surface area contributed by atoms with Gasteiger partial charge in [0.25, 0.3) is 0 Å². The number of nitrogens with zero attached hydrogens (tertiary/aromatic N) is 1. The van der Waals surface area contributed by atoms with Crippen LogP contribution in [-0.4, -0.2) is 4.98 Å². The van der Waals surface area contributed by atoms with Crippen molar-refractivity contribution in [1.29, 1.82) is 0 Å².